The molecule has 0 aliphatic carbocycles. The van der Waals surface area contributed by atoms with Crippen molar-refractivity contribution in [2.24, 2.45) is 0 Å². The topological polar surface area (TPSA) is 85.1 Å². The molecule has 2 aromatic heterocycles. The normalized spacial score (nSPS) is 15.4. The minimum Gasteiger partial charge on any atom is -0.468 e. The summed E-state index contributed by atoms with van der Waals surface area (Å²) in [6.45, 7) is 1.39. The summed E-state index contributed by atoms with van der Waals surface area (Å²) in [5.74, 6) is -0.219. The van der Waals surface area contributed by atoms with E-state index in [1.165, 1.54) is 25.4 Å². The molecule has 0 atom stereocenters. The average molecular weight is 441 g/mol. The van der Waals surface area contributed by atoms with Crippen LogP contribution in [-0.2, 0) is 11.3 Å². The minimum atomic E-state index is -4.45. The van der Waals surface area contributed by atoms with Gasteiger partial charge < -0.3 is 18.8 Å². The van der Waals surface area contributed by atoms with E-state index in [9.17, 15) is 22.8 Å². The number of hydrogen-bond donors (Lipinski definition) is 0. The molecule has 0 saturated carbocycles. The van der Waals surface area contributed by atoms with Gasteiger partial charge in [0.15, 0.2) is 6.61 Å². The van der Waals surface area contributed by atoms with E-state index >= 15 is 0 Å². The number of carbonyl (C=O) groups excluding carboxylic acids is 2. The molecule has 2 aromatic rings. The first kappa shape index (κ1) is 22.6. The second-order valence-electron chi connectivity index (χ2n) is 6.97. The maximum absolute atomic E-state index is 12.7. The summed E-state index contributed by atoms with van der Waals surface area (Å²) in [5.41, 5.74) is 0.279. The van der Waals surface area contributed by atoms with Crippen molar-refractivity contribution < 1.29 is 36.7 Å². The van der Waals surface area contributed by atoms with Gasteiger partial charge in [-0.25, -0.2) is 9.78 Å². The molecule has 168 valence electrons. The zero-order chi connectivity index (χ0) is 22.4. The largest absolute Gasteiger partial charge is 0.468 e. The third kappa shape index (κ3) is 6.45. The summed E-state index contributed by atoms with van der Waals surface area (Å²) in [5, 5.41) is 0. The van der Waals surface area contributed by atoms with E-state index < -0.39 is 18.8 Å². The number of alkyl halides is 3. The molecule has 31 heavy (non-hydrogen) atoms. The Hall–Kier alpha value is -3.08. The number of furan rings is 1. The van der Waals surface area contributed by atoms with E-state index in [0.29, 0.717) is 31.9 Å². The van der Waals surface area contributed by atoms with Crippen LogP contribution in [0.25, 0.3) is 0 Å². The highest BCUT2D eigenvalue weighted by Crippen LogP contribution is 2.18. The maximum atomic E-state index is 12.7. The Morgan fingerprint density at radius 2 is 1.94 bits per heavy atom. The fourth-order valence-electron chi connectivity index (χ4n) is 3.16. The van der Waals surface area contributed by atoms with E-state index in [1.807, 2.05) is 0 Å². The number of methoxy groups -OCH3 is 1. The van der Waals surface area contributed by atoms with Crippen LogP contribution in [0.5, 0.6) is 5.88 Å². The number of ether oxygens (including phenoxy) is 2. The van der Waals surface area contributed by atoms with E-state index in [0.717, 1.165) is 13.0 Å². The van der Waals surface area contributed by atoms with Crippen molar-refractivity contribution >= 4 is 11.9 Å². The van der Waals surface area contributed by atoms with Crippen molar-refractivity contribution in [2.75, 3.05) is 39.9 Å². The molecular formula is C20H22F3N3O5. The maximum Gasteiger partial charge on any atom is 0.422 e. The van der Waals surface area contributed by atoms with E-state index in [4.69, 9.17) is 4.42 Å². The van der Waals surface area contributed by atoms with Gasteiger partial charge in [0.25, 0.3) is 5.91 Å². The fourth-order valence-corrected chi connectivity index (χ4v) is 3.16. The summed E-state index contributed by atoms with van der Waals surface area (Å²) >= 11 is 0. The number of hydrogen-bond acceptors (Lipinski definition) is 7. The van der Waals surface area contributed by atoms with Gasteiger partial charge in [-0.1, -0.05) is 0 Å². The van der Waals surface area contributed by atoms with Crippen molar-refractivity contribution in [3.63, 3.8) is 0 Å². The lowest BCUT2D eigenvalue weighted by atomic mass is 10.2. The Morgan fingerprint density at radius 1 is 1.13 bits per heavy atom. The van der Waals surface area contributed by atoms with E-state index in [2.05, 4.69) is 19.4 Å². The summed E-state index contributed by atoms with van der Waals surface area (Å²) < 4.78 is 51.3. The molecule has 3 rings (SSSR count). The molecule has 0 radical (unpaired) electrons. The van der Waals surface area contributed by atoms with Crippen LogP contribution in [0.3, 0.4) is 0 Å². The molecular weight excluding hydrogens is 419 g/mol. The van der Waals surface area contributed by atoms with Gasteiger partial charge in [0, 0.05) is 38.4 Å². The second kappa shape index (κ2) is 9.82. The number of rotatable bonds is 6. The van der Waals surface area contributed by atoms with Crippen molar-refractivity contribution in [3.05, 3.63) is 47.5 Å². The van der Waals surface area contributed by atoms with Gasteiger partial charge >= 0.3 is 12.1 Å². The van der Waals surface area contributed by atoms with Gasteiger partial charge in [0.1, 0.15) is 5.76 Å². The number of esters is 1. The van der Waals surface area contributed by atoms with Crippen LogP contribution in [-0.4, -0.2) is 72.7 Å². The Kier molecular flexibility index (Phi) is 7.16. The predicted octanol–water partition coefficient (Wildman–Crippen LogP) is 2.75. The van der Waals surface area contributed by atoms with Crippen molar-refractivity contribution in [2.45, 2.75) is 19.1 Å². The van der Waals surface area contributed by atoms with Crippen molar-refractivity contribution in [1.82, 2.24) is 14.8 Å². The van der Waals surface area contributed by atoms with Crippen LogP contribution in [0.15, 0.2) is 34.9 Å². The molecule has 1 amide bonds. The Morgan fingerprint density at radius 3 is 2.61 bits per heavy atom. The number of halogens is 3. The predicted molar refractivity (Wildman–Crippen MR) is 102 cm³/mol. The highest BCUT2D eigenvalue weighted by Gasteiger charge is 2.29. The zero-order valence-corrected chi connectivity index (χ0v) is 16.9. The summed E-state index contributed by atoms with van der Waals surface area (Å²) in [6, 6.07) is 5.93. The zero-order valence-electron chi connectivity index (χ0n) is 16.9. The number of aromatic nitrogens is 1. The van der Waals surface area contributed by atoms with Crippen LogP contribution in [0.1, 0.15) is 33.1 Å². The SMILES string of the molecule is COC(=O)c1ccc(CN2CCCN(C(=O)c3ccc(OCC(F)(F)F)nc3)CC2)o1. The monoisotopic (exact) mass is 441 g/mol. The minimum absolute atomic E-state index is 0.138. The third-order valence-corrected chi connectivity index (χ3v) is 4.67. The molecule has 0 aromatic carbocycles. The first-order valence-electron chi connectivity index (χ1n) is 9.59. The molecule has 0 unspecified atom stereocenters. The van der Waals surface area contributed by atoms with Crippen molar-refractivity contribution in [3.8, 4) is 5.88 Å². The Bertz CT molecular complexity index is 898. The molecule has 0 spiro atoms. The first-order valence-corrected chi connectivity index (χ1v) is 9.59. The third-order valence-electron chi connectivity index (χ3n) is 4.67. The lowest BCUT2D eigenvalue weighted by Crippen LogP contribution is -2.35. The fraction of sp³-hybridized carbons (Fsp3) is 0.450. The van der Waals surface area contributed by atoms with Crippen molar-refractivity contribution in [1.29, 1.82) is 0 Å². The van der Waals surface area contributed by atoms with E-state index in [1.54, 1.807) is 17.0 Å². The second-order valence-corrected chi connectivity index (χ2v) is 6.97. The van der Waals surface area contributed by atoms with Gasteiger partial charge in [0.2, 0.25) is 11.6 Å². The standard InChI is InChI=1S/C20H22F3N3O5/c1-29-19(28)16-5-4-15(31-16)12-25-7-2-8-26(10-9-25)18(27)14-3-6-17(24-11-14)30-13-20(21,22)23/h3-6,11H,2,7-10,12-13H2,1H3. The number of nitrogens with zero attached hydrogens (tertiary/aromatic N) is 3. The Balaban J connectivity index is 1.53. The van der Waals surface area contributed by atoms with Gasteiger partial charge in [-0.15, -0.1) is 0 Å². The van der Waals surface area contributed by atoms with Crippen LogP contribution >= 0.6 is 0 Å². The highest BCUT2D eigenvalue weighted by atomic mass is 19.4. The lowest BCUT2D eigenvalue weighted by Gasteiger charge is -2.21. The molecule has 0 bridgehead atoms. The van der Waals surface area contributed by atoms with E-state index in [-0.39, 0.29) is 23.1 Å². The van der Waals surface area contributed by atoms with Gasteiger partial charge in [-0.05, 0) is 24.6 Å². The average Bonchev–Trinajstić information content (AvgIpc) is 3.09. The molecule has 11 heteroatoms. The van der Waals surface area contributed by atoms with Crippen LogP contribution < -0.4 is 4.74 Å². The summed E-state index contributed by atoms with van der Waals surface area (Å²) in [7, 11) is 1.28. The number of amides is 1. The quantitative estimate of drug-likeness (QED) is 0.638. The summed E-state index contributed by atoms with van der Waals surface area (Å²) in [6.07, 6.45) is -2.50. The molecule has 3 heterocycles. The van der Waals surface area contributed by atoms with Crippen LogP contribution in [0.4, 0.5) is 13.2 Å². The number of carbonyl (C=O) groups is 2. The molecule has 0 N–H and O–H groups in total. The molecule has 1 saturated heterocycles. The molecule has 1 aliphatic heterocycles. The smallest absolute Gasteiger partial charge is 0.422 e. The number of pyridine rings is 1. The van der Waals surface area contributed by atoms with Crippen LogP contribution in [0, 0.1) is 0 Å². The molecule has 1 fully saturated rings. The first-order chi connectivity index (χ1) is 14.7. The van der Waals surface area contributed by atoms with Gasteiger partial charge in [-0.2, -0.15) is 13.2 Å². The van der Waals surface area contributed by atoms with Gasteiger partial charge in [0.05, 0.1) is 19.2 Å². The molecule has 1 aliphatic rings. The Labute approximate surface area is 176 Å². The lowest BCUT2D eigenvalue weighted by molar-refractivity contribution is -0.154. The van der Waals surface area contributed by atoms with Gasteiger partial charge in [-0.3, -0.25) is 9.69 Å². The summed E-state index contributed by atoms with van der Waals surface area (Å²) in [4.78, 5) is 31.8. The van der Waals surface area contributed by atoms with Crippen LogP contribution in [0.2, 0.25) is 0 Å². The molecule has 8 nitrogen and oxygen atoms in total. The highest BCUT2D eigenvalue weighted by molar-refractivity contribution is 5.94.